The fourth-order valence-corrected chi connectivity index (χ4v) is 2.83. The van der Waals surface area contributed by atoms with E-state index in [0.29, 0.717) is 4.47 Å². The largest absolute Gasteiger partial charge is 0.404 e. The van der Waals surface area contributed by atoms with E-state index < -0.39 is 4.92 Å². The van der Waals surface area contributed by atoms with Crippen molar-refractivity contribution >= 4 is 21.7 Å². The highest BCUT2D eigenvalue weighted by molar-refractivity contribution is 9.10. The first kappa shape index (κ1) is 14.5. The monoisotopic (exact) mass is 331 g/mol. The van der Waals surface area contributed by atoms with Crippen LogP contribution < -0.4 is 0 Å². The van der Waals surface area contributed by atoms with E-state index in [1.165, 1.54) is 19.3 Å². The van der Waals surface area contributed by atoms with E-state index in [9.17, 15) is 10.1 Å². The molecule has 0 aliphatic carbocycles. The molecule has 1 aliphatic heterocycles. The third-order valence-corrected chi connectivity index (χ3v) is 4.02. The van der Waals surface area contributed by atoms with Gasteiger partial charge in [-0.3, -0.25) is 0 Å². The zero-order valence-corrected chi connectivity index (χ0v) is 12.3. The molecule has 0 saturated carbocycles. The molecular weight excluding hydrogens is 314 g/mol. The van der Waals surface area contributed by atoms with Crippen LogP contribution in [-0.4, -0.2) is 27.9 Å². The first-order valence-corrected chi connectivity index (χ1v) is 7.41. The van der Waals surface area contributed by atoms with Crippen LogP contribution in [-0.2, 0) is 11.3 Å². The molecule has 0 amide bonds. The van der Waals surface area contributed by atoms with Gasteiger partial charge in [0, 0.05) is 13.2 Å². The van der Waals surface area contributed by atoms with Crippen molar-refractivity contribution in [3.05, 3.63) is 20.8 Å². The summed E-state index contributed by atoms with van der Waals surface area (Å²) in [6.45, 7) is 2.52. The van der Waals surface area contributed by atoms with Crippen molar-refractivity contribution in [3.63, 3.8) is 0 Å². The molecular formula is C12H18BrN3O3. The Morgan fingerprint density at radius 1 is 1.47 bits per heavy atom. The third-order valence-electron chi connectivity index (χ3n) is 3.46. The lowest BCUT2D eigenvalue weighted by Gasteiger charge is -2.21. The Bertz CT molecular complexity index is 430. The minimum absolute atomic E-state index is 0.107. The Hall–Kier alpha value is -0.950. The predicted molar refractivity (Wildman–Crippen MR) is 74.0 cm³/mol. The molecule has 2 rings (SSSR count). The lowest BCUT2D eigenvalue weighted by atomic mass is 9.94. The van der Waals surface area contributed by atoms with E-state index in [4.69, 9.17) is 4.74 Å². The third kappa shape index (κ3) is 4.28. The zero-order chi connectivity index (χ0) is 13.7. The van der Waals surface area contributed by atoms with Crippen molar-refractivity contribution in [2.24, 2.45) is 5.92 Å². The van der Waals surface area contributed by atoms with E-state index in [2.05, 4.69) is 21.0 Å². The first-order chi connectivity index (χ1) is 9.16. The number of aryl methyl sites for hydroxylation is 1. The number of nitrogens with zero attached hydrogens (tertiary/aromatic N) is 3. The number of rotatable bonds is 6. The molecule has 0 N–H and O–H groups in total. The summed E-state index contributed by atoms with van der Waals surface area (Å²) < 4.78 is 7.42. The fourth-order valence-electron chi connectivity index (χ4n) is 2.37. The number of aromatic nitrogens is 2. The quantitative estimate of drug-likeness (QED) is 0.456. The Morgan fingerprint density at radius 3 is 2.84 bits per heavy atom. The van der Waals surface area contributed by atoms with Gasteiger partial charge in [-0.1, -0.05) is 12.8 Å². The van der Waals surface area contributed by atoms with E-state index in [0.717, 1.165) is 38.5 Å². The van der Waals surface area contributed by atoms with Crippen molar-refractivity contribution in [1.82, 2.24) is 9.78 Å². The highest BCUT2D eigenvalue weighted by Crippen LogP contribution is 2.23. The Labute approximate surface area is 120 Å². The summed E-state index contributed by atoms with van der Waals surface area (Å²) in [5, 5.41) is 14.6. The van der Waals surface area contributed by atoms with Gasteiger partial charge < -0.3 is 14.9 Å². The standard InChI is InChI=1S/C12H18BrN3O3/c13-11-9-15(14-12(11)16(17)18)6-2-1-3-10-4-7-19-8-5-10/h9-10H,1-8H2. The van der Waals surface area contributed by atoms with Crippen LogP contribution in [0.3, 0.4) is 0 Å². The molecule has 1 aromatic heterocycles. The van der Waals surface area contributed by atoms with E-state index in [-0.39, 0.29) is 5.82 Å². The van der Waals surface area contributed by atoms with Gasteiger partial charge in [-0.15, -0.1) is 0 Å². The summed E-state index contributed by atoms with van der Waals surface area (Å²) in [6.07, 6.45) is 7.36. The smallest absolute Gasteiger partial charge is 0.381 e. The highest BCUT2D eigenvalue weighted by Gasteiger charge is 2.18. The molecule has 1 fully saturated rings. The van der Waals surface area contributed by atoms with Crippen LogP contribution in [0.25, 0.3) is 0 Å². The van der Waals surface area contributed by atoms with Gasteiger partial charge in [0.2, 0.25) is 0 Å². The van der Waals surface area contributed by atoms with Crippen molar-refractivity contribution in [2.45, 2.75) is 38.6 Å². The molecule has 0 aromatic carbocycles. The average molecular weight is 332 g/mol. The minimum atomic E-state index is -0.470. The first-order valence-electron chi connectivity index (χ1n) is 6.62. The maximum atomic E-state index is 10.7. The van der Waals surface area contributed by atoms with E-state index in [1.54, 1.807) is 10.9 Å². The van der Waals surface area contributed by atoms with E-state index in [1.807, 2.05) is 0 Å². The molecule has 0 radical (unpaired) electrons. The number of ether oxygens (including phenoxy) is 1. The van der Waals surface area contributed by atoms with Crippen LogP contribution >= 0.6 is 15.9 Å². The summed E-state index contributed by atoms with van der Waals surface area (Å²) in [6, 6.07) is 0. The maximum absolute atomic E-state index is 10.7. The molecule has 7 heteroatoms. The Kier molecular flexibility index (Phi) is 5.33. The Balaban J connectivity index is 1.70. The summed E-state index contributed by atoms with van der Waals surface area (Å²) in [4.78, 5) is 10.2. The predicted octanol–water partition coefficient (Wildman–Crippen LogP) is 3.15. The van der Waals surface area contributed by atoms with Crippen LogP contribution in [0, 0.1) is 16.0 Å². The molecule has 0 bridgehead atoms. The molecule has 0 atom stereocenters. The van der Waals surface area contributed by atoms with E-state index >= 15 is 0 Å². The molecule has 0 unspecified atom stereocenters. The van der Waals surface area contributed by atoms with Gasteiger partial charge in [0.05, 0.1) is 17.8 Å². The summed E-state index contributed by atoms with van der Waals surface area (Å²) in [5.41, 5.74) is 0. The molecule has 0 spiro atoms. The number of unbranched alkanes of at least 4 members (excludes halogenated alkanes) is 1. The van der Waals surface area contributed by atoms with Crippen LogP contribution in [0.1, 0.15) is 32.1 Å². The Morgan fingerprint density at radius 2 is 2.21 bits per heavy atom. The fraction of sp³-hybridized carbons (Fsp3) is 0.750. The second-order valence-electron chi connectivity index (χ2n) is 4.87. The second kappa shape index (κ2) is 7.00. The molecule has 2 heterocycles. The van der Waals surface area contributed by atoms with Crippen LogP contribution in [0.4, 0.5) is 5.82 Å². The molecule has 1 aromatic rings. The SMILES string of the molecule is O=[N+]([O-])c1nn(CCCCC2CCOCC2)cc1Br. The van der Waals surface area contributed by atoms with Gasteiger partial charge in [-0.05, 0) is 46.0 Å². The number of hydrogen-bond donors (Lipinski definition) is 0. The number of hydrogen-bond acceptors (Lipinski definition) is 4. The highest BCUT2D eigenvalue weighted by atomic mass is 79.9. The lowest BCUT2D eigenvalue weighted by molar-refractivity contribution is -0.390. The van der Waals surface area contributed by atoms with Gasteiger partial charge in [-0.2, -0.15) is 4.68 Å². The minimum Gasteiger partial charge on any atom is -0.381 e. The zero-order valence-electron chi connectivity index (χ0n) is 10.8. The summed E-state index contributed by atoms with van der Waals surface area (Å²) in [7, 11) is 0. The van der Waals surface area contributed by atoms with Gasteiger partial charge >= 0.3 is 5.82 Å². The van der Waals surface area contributed by atoms with Crippen molar-refractivity contribution in [2.75, 3.05) is 13.2 Å². The second-order valence-corrected chi connectivity index (χ2v) is 5.73. The normalized spacial score (nSPS) is 16.7. The molecule has 6 nitrogen and oxygen atoms in total. The van der Waals surface area contributed by atoms with Gasteiger partial charge in [0.25, 0.3) is 0 Å². The van der Waals surface area contributed by atoms with Crippen LogP contribution in [0.5, 0.6) is 0 Å². The van der Waals surface area contributed by atoms with Gasteiger partial charge in [-0.25, -0.2) is 0 Å². The summed E-state index contributed by atoms with van der Waals surface area (Å²) >= 11 is 3.15. The van der Waals surface area contributed by atoms with Crippen molar-refractivity contribution in [3.8, 4) is 0 Å². The molecule has 19 heavy (non-hydrogen) atoms. The molecule has 1 aliphatic rings. The lowest BCUT2D eigenvalue weighted by Crippen LogP contribution is -2.15. The van der Waals surface area contributed by atoms with Crippen molar-refractivity contribution in [1.29, 1.82) is 0 Å². The number of nitro groups is 1. The average Bonchev–Trinajstić information content (AvgIpc) is 2.77. The molecule has 1 saturated heterocycles. The van der Waals surface area contributed by atoms with Crippen LogP contribution in [0.2, 0.25) is 0 Å². The molecule has 106 valence electrons. The van der Waals surface area contributed by atoms with Crippen molar-refractivity contribution < 1.29 is 9.66 Å². The van der Waals surface area contributed by atoms with Gasteiger partial charge in [0.1, 0.15) is 4.47 Å². The topological polar surface area (TPSA) is 70.2 Å². The number of halogens is 1. The van der Waals surface area contributed by atoms with Crippen LogP contribution in [0.15, 0.2) is 10.7 Å². The maximum Gasteiger partial charge on any atom is 0.404 e. The van der Waals surface area contributed by atoms with Gasteiger partial charge in [0.15, 0.2) is 0 Å². The summed E-state index contributed by atoms with van der Waals surface area (Å²) in [5.74, 6) is 0.678.